The summed E-state index contributed by atoms with van der Waals surface area (Å²) in [6.07, 6.45) is 2.30. The zero-order chi connectivity index (χ0) is 17.2. The number of rotatable bonds is 3. The molecule has 2 saturated heterocycles. The molecule has 128 valence electrons. The van der Waals surface area contributed by atoms with Gasteiger partial charge in [0.15, 0.2) is 0 Å². The van der Waals surface area contributed by atoms with Crippen molar-refractivity contribution in [1.82, 2.24) is 15.5 Å². The Morgan fingerprint density at radius 2 is 1.92 bits per heavy atom. The molecule has 3 rings (SSSR count). The normalized spacial score (nSPS) is 22.3. The van der Waals surface area contributed by atoms with Gasteiger partial charge in [-0.25, -0.2) is 0 Å². The maximum Gasteiger partial charge on any atom is 0.241 e. The van der Waals surface area contributed by atoms with Gasteiger partial charge in [-0.3, -0.25) is 14.4 Å². The number of hydrogen-bond donors (Lipinski definition) is 2. The zero-order valence-corrected chi connectivity index (χ0v) is 13.9. The second kappa shape index (κ2) is 6.63. The van der Waals surface area contributed by atoms with E-state index in [2.05, 4.69) is 10.6 Å². The van der Waals surface area contributed by atoms with Crippen LogP contribution in [0.15, 0.2) is 30.3 Å². The van der Waals surface area contributed by atoms with E-state index < -0.39 is 0 Å². The lowest BCUT2D eigenvalue weighted by Crippen LogP contribution is -2.53. The zero-order valence-electron chi connectivity index (χ0n) is 13.9. The van der Waals surface area contributed by atoms with Gasteiger partial charge in [-0.1, -0.05) is 30.3 Å². The van der Waals surface area contributed by atoms with E-state index in [-0.39, 0.29) is 35.7 Å². The van der Waals surface area contributed by atoms with Crippen LogP contribution in [0.5, 0.6) is 0 Å². The molecule has 0 saturated carbocycles. The quantitative estimate of drug-likeness (QED) is 0.860. The first-order valence-corrected chi connectivity index (χ1v) is 8.38. The van der Waals surface area contributed by atoms with Crippen molar-refractivity contribution in [3.63, 3.8) is 0 Å². The van der Waals surface area contributed by atoms with E-state index in [4.69, 9.17) is 0 Å². The Morgan fingerprint density at radius 3 is 2.54 bits per heavy atom. The van der Waals surface area contributed by atoms with Crippen LogP contribution in [-0.4, -0.2) is 47.8 Å². The first-order valence-electron chi connectivity index (χ1n) is 8.38. The molecular weight excluding hydrogens is 306 g/mol. The third-order valence-electron chi connectivity index (χ3n) is 5.06. The number of amides is 3. The van der Waals surface area contributed by atoms with E-state index in [9.17, 15) is 14.4 Å². The van der Waals surface area contributed by atoms with Gasteiger partial charge in [-0.05, 0) is 24.8 Å². The fourth-order valence-corrected chi connectivity index (χ4v) is 3.66. The van der Waals surface area contributed by atoms with E-state index in [0.717, 1.165) is 24.8 Å². The number of likely N-dealkylation sites (tertiary alicyclic amines) is 1. The molecule has 0 aliphatic carbocycles. The summed E-state index contributed by atoms with van der Waals surface area (Å²) in [4.78, 5) is 37.2. The smallest absolute Gasteiger partial charge is 0.241 e. The molecular formula is C18H23N3O3. The molecule has 6 heteroatoms. The fourth-order valence-electron chi connectivity index (χ4n) is 3.66. The Hall–Kier alpha value is -2.37. The second-order valence-electron chi connectivity index (χ2n) is 6.73. The van der Waals surface area contributed by atoms with Gasteiger partial charge in [0.05, 0.1) is 12.5 Å². The summed E-state index contributed by atoms with van der Waals surface area (Å²) in [6.45, 7) is 2.66. The molecule has 2 aliphatic heterocycles. The lowest BCUT2D eigenvalue weighted by atomic mass is 9.82. The van der Waals surface area contributed by atoms with E-state index in [1.54, 1.807) is 4.90 Å². The van der Waals surface area contributed by atoms with E-state index in [1.165, 1.54) is 6.92 Å². The summed E-state index contributed by atoms with van der Waals surface area (Å²) in [6, 6.07) is 9.85. The Bertz CT molecular complexity index is 636. The van der Waals surface area contributed by atoms with Crippen LogP contribution < -0.4 is 10.6 Å². The Labute approximate surface area is 141 Å². The summed E-state index contributed by atoms with van der Waals surface area (Å²) in [5.74, 6) is -0.290. The highest BCUT2D eigenvalue weighted by Crippen LogP contribution is 2.39. The van der Waals surface area contributed by atoms with Crippen LogP contribution in [-0.2, 0) is 14.4 Å². The molecule has 0 unspecified atom stereocenters. The molecule has 1 spiro atoms. The van der Waals surface area contributed by atoms with Crippen LogP contribution in [0, 0.1) is 0 Å². The van der Waals surface area contributed by atoms with Crippen LogP contribution in [0.1, 0.15) is 37.7 Å². The molecule has 2 heterocycles. The minimum absolute atomic E-state index is 0.0430. The minimum Gasteiger partial charge on any atom is -0.350 e. The number of hydrogen-bond acceptors (Lipinski definition) is 3. The molecule has 1 aromatic carbocycles. The predicted molar refractivity (Wildman–Crippen MR) is 89.2 cm³/mol. The average Bonchev–Trinajstić information content (AvgIpc) is 2.90. The molecule has 3 amide bonds. The molecule has 0 aromatic heterocycles. The van der Waals surface area contributed by atoms with Gasteiger partial charge in [0.2, 0.25) is 17.7 Å². The summed E-state index contributed by atoms with van der Waals surface area (Å²) < 4.78 is 0. The lowest BCUT2D eigenvalue weighted by Gasteiger charge is -2.39. The third kappa shape index (κ3) is 3.42. The third-order valence-corrected chi connectivity index (χ3v) is 5.06. The van der Waals surface area contributed by atoms with Crippen molar-refractivity contribution in [2.45, 2.75) is 37.6 Å². The molecule has 0 bridgehead atoms. The molecule has 0 radical (unpaired) electrons. The van der Waals surface area contributed by atoms with Gasteiger partial charge in [-0.2, -0.15) is 0 Å². The van der Waals surface area contributed by atoms with Crippen molar-refractivity contribution in [2.75, 3.05) is 19.6 Å². The molecule has 1 atom stereocenters. The number of piperidine rings is 1. The van der Waals surface area contributed by atoms with Crippen LogP contribution in [0.3, 0.4) is 0 Å². The van der Waals surface area contributed by atoms with Gasteiger partial charge >= 0.3 is 0 Å². The van der Waals surface area contributed by atoms with Gasteiger partial charge < -0.3 is 15.5 Å². The molecule has 2 fully saturated rings. The molecule has 2 aliphatic rings. The van der Waals surface area contributed by atoms with Gasteiger partial charge in [0.25, 0.3) is 0 Å². The van der Waals surface area contributed by atoms with Crippen LogP contribution in [0.4, 0.5) is 0 Å². The van der Waals surface area contributed by atoms with Crippen molar-refractivity contribution in [3.05, 3.63) is 35.9 Å². The summed E-state index contributed by atoms with van der Waals surface area (Å²) in [5, 5.41) is 5.72. The first-order chi connectivity index (χ1) is 11.5. The number of nitrogens with one attached hydrogen (secondary N) is 2. The SMILES string of the molecule is CC(=O)NCC(=O)N1CCC2(CC1)C[C@H](c1ccccc1)C(=O)N2. The lowest BCUT2D eigenvalue weighted by molar-refractivity contribution is -0.134. The highest BCUT2D eigenvalue weighted by molar-refractivity contribution is 5.87. The largest absolute Gasteiger partial charge is 0.350 e. The van der Waals surface area contributed by atoms with E-state index in [0.29, 0.717) is 13.1 Å². The number of nitrogens with zero attached hydrogens (tertiary/aromatic N) is 1. The van der Waals surface area contributed by atoms with Crippen molar-refractivity contribution in [2.24, 2.45) is 0 Å². The molecule has 24 heavy (non-hydrogen) atoms. The Balaban J connectivity index is 1.59. The second-order valence-corrected chi connectivity index (χ2v) is 6.73. The van der Waals surface area contributed by atoms with Crippen molar-refractivity contribution in [3.8, 4) is 0 Å². The molecule has 1 aromatic rings. The minimum atomic E-state index is -0.206. The highest BCUT2D eigenvalue weighted by atomic mass is 16.2. The molecule has 2 N–H and O–H groups in total. The van der Waals surface area contributed by atoms with Crippen LogP contribution in [0.2, 0.25) is 0 Å². The average molecular weight is 329 g/mol. The van der Waals surface area contributed by atoms with Crippen LogP contribution >= 0.6 is 0 Å². The van der Waals surface area contributed by atoms with Crippen LogP contribution in [0.25, 0.3) is 0 Å². The highest BCUT2D eigenvalue weighted by Gasteiger charge is 2.46. The number of benzene rings is 1. The maximum atomic E-state index is 12.4. The van der Waals surface area contributed by atoms with Crippen molar-refractivity contribution in [1.29, 1.82) is 0 Å². The van der Waals surface area contributed by atoms with Crippen molar-refractivity contribution >= 4 is 17.7 Å². The topological polar surface area (TPSA) is 78.5 Å². The molecule has 6 nitrogen and oxygen atoms in total. The Morgan fingerprint density at radius 1 is 1.25 bits per heavy atom. The van der Waals surface area contributed by atoms with Gasteiger partial charge in [-0.15, -0.1) is 0 Å². The summed E-state index contributed by atoms with van der Waals surface area (Å²) in [5.41, 5.74) is 0.846. The van der Waals surface area contributed by atoms with E-state index >= 15 is 0 Å². The van der Waals surface area contributed by atoms with Gasteiger partial charge in [0, 0.05) is 25.6 Å². The van der Waals surface area contributed by atoms with Gasteiger partial charge in [0.1, 0.15) is 0 Å². The Kier molecular flexibility index (Phi) is 4.55. The number of carbonyl (C=O) groups excluding carboxylic acids is 3. The monoisotopic (exact) mass is 329 g/mol. The summed E-state index contributed by atoms with van der Waals surface area (Å²) >= 11 is 0. The van der Waals surface area contributed by atoms with E-state index in [1.807, 2.05) is 30.3 Å². The van der Waals surface area contributed by atoms with Crippen molar-refractivity contribution < 1.29 is 14.4 Å². The standard InChI is InChI=1S/C18H23N3O3/c1-13(22)19-12-16(23)21-9-7-18(8-10-21)11-15(17(24)20-18)14-5-3-2-4-6-14/h2-6,15H,7-12H2,1H3,(H,19,22)(H,20,24)/t15-/m1/s1. The summed E-state index contributed by atoms with van der Waals surface area (Å²) in [7, 11) is 0. The first kappa shape index (κ1) is 16.5. The fraction of sp³-hybridized carbons (Fsp3) is 0.500. The maximum absolute atomic E-state index is 12.4. The number of carbonyl (C=O) groups is 3. The predicted octanol–water partition coefficient (Wildman–Crippen LogP) is 0.787.